The van der Waals surface area contributed by atoms with Crippen molar-refractivity contribution in [3.63, 3.8) is 0 Å². The number of nitro groups is 1. The van der Waals surface area contributed by atoms with E-state index >= 15 is 0 Å². The molecular formula is C21H24N4O5S. The number of nitrogens with zero attached hydrogens (tertiary/aromatic N) is 3. The number of carbonyl (C=O) groups is 1. The average Bonchev–Trinajstić information content (AvgIpc) is 3.16. The molecule has 0 aromatic heterocycles. The Balaban J connectivity index is 1.59. The number of amides is 1. The predicted molar refractivity (Wildman–Crippen MR) is 115 cm³/mol. The first-order chi connectivity index (χ1) is 14.8. The Kier molecular flexibility index (Phi) is 5.67. The molecule has 1 amide bonds. The van der Waals surface area contributed by atoms with Crippen LogP contribution in [0.5, 0.6) is 0 Å². The van der Waals surface area contributed by atoms with E-state index in [0.29, 0.717) is 36.5 Å². The Bertz CT molecular complexity index is 1140. The molecule has 10 heteroatoms. The van der Waals surface area contributed by atoms with Crippen LogP contribution in [-0.2, 0) is 23.0 Å². The van der Waals surface area contributed by atoms with Gasteiger partial charge in [0.1, 0.15) is 0 Å². The predicted octanol–water partition coefficient (Wildman–Crippen LogP) is 2.43. The lowest BCUT2D eigenvalue weighted by Gasteiger charge is -2.26. The standard InChI is InChI=1S/C21H24N4O5S/c22-21(26)16-4-5-17(20(13-16)25(27)28)14-23-11-8-15-12-18(6-7-19(15)23)31(29,30)24-9-2-1-3-10-24/h4-7,12-13H,1-3,8-11,14H2,(H2,22,26). The van der Waals surface area contributed by atoms with Crippen molar-refractivity contribution in [2.45, 2.75) is 37.1 Å². The zero-order chi connectivity index (χ0) is 22.2. The molecule has 2 aliphatic rings. The van der Waals surface area contributed by atoms with Gasteiger partial charge in [-0.2, -0.15) is 4.31 Å². The summed E-state index contributed by atoms with van der Waals surface area (Å²) in [6.07, 6.45) is 3.47. The minimum absolute atomic E-state index is 0.0878. The molecule has 9 nitrogen and oxygen atoms in total. The molecule has 2 heterocycles. The highest BCUT2D eigenvalue weighted by Gasteiger charge is 2.29. The fourth-order valence-corrected chi connectivity index (χ4v) is 5.82. The van der Waals surface area contributed by atoms with E-state index < -0.39 is 20.9 Å². The van der Waals surface area contributed by atoms with Crippen LogP contribution in [0, 0.1) is 10.1 Å². The normalized spacial score (nSPS) is 16.8. The van der Waals surface area contributed by atoms with Gasteiger partial charge in [-0.15, -0.1) is 0 Å². The first kappa shape index (κ1) is 21.3. The van der Waals surface area contributed by atoms with E-state index in [1.165, 1.54) is 12.1 Å². The van der Waals surface area contributed by atoms with E-state index in [1.54, 1.807) is 28.6 Å². The van der Waals surface area contributed by atoms with Crippen LogP contribution in [0.25, 0.3) is 0 Å². The van der Waals surface area contributed by atoms with E-state index in [0.717, 1.165) is 30.5 Å². The monoisotopic (exact) mass is 444 g/mol. The van der Waals surface area contributed by atoms with Crippen molar-refractivity contribution >= 4 is 27.3 Å². The Labute approximate surface area is 180 Å². The highest BCUT2D eigenvalue weighted by Crippen LogP contribution is 2.34. The quantitative estimate of drug-likeness (QED) is 0.538. The minimum Gasteiger partial charge on any atom is -0.366 e. The van der Waals surface area contributed by atoms with E-state index in [2.05, 4.69) is 0 Å². The molecule has 0 atom stereocenters. The van der Waals surface area contributed by atoms with Gasteiger partial charge in [-0.1, -0.05) is 6.42 Å². The molecule has 2 aromatic rings. The van der Waals surface area contributed by atoms with Gasteiger partial charge in [0.15, 0.2) is 0 Å². The van der Waals surface area contributed by atoms with Crippen LogP contribution in [-0.4, -0.2) is 43.2 Å². The lowest BCUT2D eigenvalue weighted by molar-refractivity contribution is -0.385. The van der Waals surface area contributed by atoms with E-state index in [9.17, 15) is 23.3 Å². The van der Waals surface area contributed by atoms with E-state index in [-0.39, 0.29) is 17.8 Å². The Morgan fingerprint density at radius 1 is 1.06 bits per heavy atom. The lowest BCUT2D eigenvalue weighted by atomic mass is 10.1. The van der Waals surface area contributed by atoms with E-state index in [4.69, 9.17) is 5.73 Å². The maximum atomic E-state index is 13.0. The number of rotatable bonds is 6. The molecule has 0 radical (unpaired) electrons. The van der Waals surface area contributed by atoms with Gasteiger partial charge in [0.2, 0.25) is 15.9 Å². The summed E-state index contributed by atoms with van der Waals surface area (Å²) in [6.45, 7) is 2.00. The second-order valence-electron chi connectivity index (χ2n) is 7.89. The molecule has 1 fully saturated rings. The van der Waals surface area contributed by atoms with Crippen LogP contribution in [0.2, 0.25) is 0 Å². The second-order valence-corrected chi connectivity index (χ2v) is 9.83. The fourth-order valence-electron chi connectivity index (χ4n) is 4.25. The summed E-state index contributed by atoms with van der Waals surface area (Å²) in [4.78, 5) is 24.6. The van der Waals surface area contributed by atoms with Gasteiger partial charge in [-0.3, -0.25) is 14.9 Å². The first-order valence-electron chi connectivity index (χ1n) is 10.2. The molecule has 2 aliphatic heterocycles. The molecule has 2 N–H and O–H groups in total. The largest absolute Gasteiger partial charge is 0.366 e. The SMILES string of the molecule is NC(=O)c1ccc(CN2CCc3cc(S(=O)(=O)N4CCCCC4)ccc32)c([N+](=O)[O-])c1. The van der Waals surface area contributed by atoms with Crippen LogP contribution in [0.4, 0.5) is 11.4 Å². The van der Waals surface area contributed by atoms with Crippen LogP contribution in [0.3, 0.4) is 0 Å². The van der Waals surface area contributed by atoms with Gasteiger partial charge in [0, 0.05) is 49.1 Å². The molecule has 164 valence electrons. The summed E-state index contributed by atoms with van der Waals surface area (Å²) < 4.78 is 27.5. The number of nitrogens with two attached hydrogens (primary N) is 1. The van der Waals surface area contributed by atoms with Crippen molar-refractivity contribution in [3.8, 4) is 0 Å². The maximum Gasteiger partial charge on any atom is 0.275 e. The van der Waals surface area contributed by atoms with Crippen molar-refractivity contribution in [1.29, 1.82) is 0 Å². The summed E-state index contributed by atoms with van der Waals surface area (Å²) in [6, 6.07) is 9.35. The molecule has 0 spiro atoms. The summed E-state index contributed by atoms with van der Waals surface area (Å²) >= 11 is 0. The molecule has 0 unspecified atom stereocenters. The Morgan fingerprint density at radius 3 is 2.48 bits per heavy atom. The van der Waals surface area contributed by atoms with Crippen LogP contribution in [0.15, 0.2) is 41.3 Å². The number of hydrogen-bond donors (Lipinski definition) is 1. The van der Waals surface area contributed by atoms with Gasteiger partial charge >= 0.3 is 0 Å². The topological polar surface area (TPSA) is 127 Å². The van der Waals surface area contributed by atoms with Crippen molar-refractivity contribution in [2.75, 3.05) is 24.5 Å². The zero-order valence-electron chi connectivity index (χ0n) is 17.0. The number of fused-ring (bicyclic) bond motifs is 1. The number of anilines is 1. The summed E-state index contributed by atoms with van der Waals surface area (Å²) in [5.41, 5.74) is 7.41. The number of sulfonamides is 1. The fraction of sp³-hybridized carbons (Fsp3) is 0.381. The first-order valence-corrected chi connectivity index (χ1v) is 11.7. The van der Waals surface area contributed by atoms with Crippen molar-refractivity contribution in [1.82, 2.24) is 4.31 Å². The number of carbonyl (C=O) groups excluding carboxylic acids is 1. The third kappa shape index (κ3) is 4.13. The van der Waals surface area contributed by atoms with Gasteiger partial charge in [-0.05, 0) is 55.2 Å². The maximum absolute atomic E-state index is 13.0. The molecule has 4 rings (SSSR count). The number of piperidine rings is 1. The third-order valence-corrected chi connectivity index (χ3v) is 7.82. The molecule has 1 saturated heterocycles. The molecule has 2 aromatic carbocycles. The molecule has 0 bridgehead atoms. The van der Waals surface area contributed by atoms with Crippen molar-refractivity contribution in [2.24, 2.45) is 5.73 Å². The van der Waals surface area contributed by atoms with Crippen LogP contribution >= 0.6 is 0 Å². The van der Waals surface area contributed by atoms with Crippen LogP contribution in [0.1, 0.15) is 40.7 Å². The number of benzene rings is 2. The molecule has 31 heavy (non-hydrogen) atoms. The summed E-state index contributed by atoms with van der Waals surface area (Å²) in [5, 5.41) is 11.5. The highest BCUT2D eigenvalue weighted by molar-refractivity contribution is 7.89. The molecule has 0 aliphatic carbocycles. The summed E-state index contributed by atoms with van der Waals surface area (Å²) in [5.74, 6) is -0.719. The van der Waals surface area contributed by atoms with Gasteiger partial charge < -0.3 is 10.6 Å². The number of nitro benzene ring substituents is 1. The van der Waals surface area contributed by atoms with Gasteiger partial charge in [0.25, 0.3) is 5.69 Å². The molecule has 0 saturated carbocycles. The number of hydrogen-bond acceptors (Lipinski definition) is 6. The van der Waals surface area contributed by atoms with Crippen LogP contribution < -0.4 is 10.6 Å². The third-order valence-electron chi connectivity index (χ3n) is 5.92. The smallest absolute Gasteiger partial charge is 0.275 e. The zero-order valence-corrected chi connectivity index (χ0v) is 17.8. The average molecular weight is 445 g/mol. The Hall–Kier alpha value is -2.98. The van der Waals surface area contributed by atoms with Gasteiger partial charge in [0.05, 0.1) is 9.82 Å². The lowest BCUT2D eigenvalue weighted by Crippen LogP contribution is -2.35. The minimum atomic E-state index is -3.51. The van der Waals surface area contributed by atoms with E-state index in [1.807, 2.05) is 4.90 Å². The number of primary amides is 1. The molecular weight excluding hydrogens is 420 g/mol. The van der Waals surface area contributed by atoms with Crippen molar-refractivity contribution < 1.29 is 18.1 Å². The van der Waals surface area contributed by atoms with Crippen molar-refractivity contribution in [3.05, 3.63) is 63.2 Å². The second kappa shape index (κ2) is 8.27. The Morgan fingerprint density at radius 2 is 1.81 bits per heavy atom. The highest BCUT2D eigenvalue weighted by atomic mass is 32.2. The van der Waals surface area contributed by atoms with Gasteiger partial charge in [-0.25, -0.2) is 8.42 Å². The summed E-state index contributed by atoms with van der Waals surface area (Å²) in [7, 11) is -3.51.